The molecule has 0 radical (unpaired) electrons. The van der Waals surface area contributed by atoms with Crippen molar-refractivity contribution in [3.05, 3.63) is 59.4 Å². The summed E-state index contributed by atoms with van der Waals surface area (Å²) in [6, 6.07) is 16.4. The molecule has 136 valence electrons. The summed E-state index contributed by atoms with van der Waals surface area (Å²) in [4.78, 5) is 0.243. The first-order chi connectivity index (χ1) is 12.5. The van der Waals surface area contributed by atoms with E-state index in [-0.39, 0.29) is 4.90 Å². The highest BCUT2D eigenvalue weighted by Gasteiger charge is 2.22. The van der Waals surface area contributed by atoms with Gasteiger partial charge in [-0.2, -0.15) is 9.40 Å². The molecule has 8 heteroatoms. The monoisotopic (exact) mass is 388 g/mol. The lowest BCUT2D eigenvalue weighted by molar-refractivity contribution is 0.445. The molecule has 1 heterocycles. The Bertz CT molecular complexity index is 1050. The summed E-state index contributed by atoms with van der Waals surface area (Å²) in [6.07, 6.45) is 0. The number of aromatic nitrogens is 3. The van der Waals surface area contributed by atoms with Crippen LogP contribution in [0.15, 0.2) is 59.5 Å². The van der Waals surface area contributed by atoms with Crippen molar-refractivity contribution in [2.24, 2.45) is 0 Å². The minimum absolute atomic E-state index is 0.243. The summed E-state index contributed by atoms with van der Waals surface area (Å²) >= 11 is 5.36. The number of hydrogen-bond donors (Lipinski definition) is 1. The summed E-state index contributed by atoms with van der Waals surface area (Å²) in [5.41, 5.74) is 1.53. The molecule has 3 rings (SSSR count). The van der Waals surface area contributed by atoms with Crippen molar-refractivity contribution in [3.8, 4) is 17.1 Å². The fourth-order valence-corrected chi connectivity index (χ4v) is 4.56. The van der Waals surface area contributed by atoms with Crippen molar-refractivity contribution in [1.29, 1.82) is 0 Å². The predicted octanol–water partition coefficient (Wildman–Crippen LogP) is 3.63. The smallest absolute Gasteiger partial charge is 0.243 e. The Morgan fingerprint density at radius 2 is 1.77 bits per heavy atom. The van der Waals surface area contributed by atoms with Gasteiger partial charge in [0.2, 0.25) is 10.0 Å². The Balaban J connectivity index is 2.13. The number of para-hydroxylation sites is 1. The molecule has 1 N–H and O–H groups in total. The van der Waals surface area contributed by atoms with Crippen LogP contribution in [0, 0.1) is 4.77 Å². The molecule has 0 saturated heterocycles. The van der Waals surface area contributed by atoms with Crippen LogP contribution in [0.4, 0.5) is 0 Å². The molecule has 0 bridgehead atoms. The lowest BCUT2D eigenvalue weighted by Crippen LogP contribution is -2.30. The second-order valence-electron chi connectivity index (χ2n) is 5.64. The average molecular weight is 389 g/mol. The Hall–Kier alpha value is -2.29. The zero-order chi connectivity index (χ0) is 18.7. The molecule has 0 aliphatic carbocycles. The van der Waals surface area contributed by atoms with E-state index >= 15 is 0 Å². The van der Waals surface area contributed by atoms with Crippen LogP contribution in [-0.4, -0.2) is 40.6 Å². The molecule has 6 nitrogen and oxygen atoms in total. The van der Waals surface area contributed by atoms with E-state index in [1.54, 1.807) is 22.8 Å². The topological polar surface area (TPSA) is 71.0 Å². The van der Waals surface area contributed by atoms with E-state index in [0.29, 0.717) is 29.2 Å². The summed E-state index contributed by atoms with van der Waals surface area (Å²) in [6.45, 7) is 4.49. The fourth-order valence-electron chi connectivity index (χ4n) is 2.82. The highest BCUT2D eigenvalue weighted by Crippen LogP contribution is 2.25. The molecule has 3 aromatic rings. The van der Waals surface area contributed by atoms with Gasteiger partial charge in [-0.15, -0.1) is 0 Å². The van der Waals surface area contributed by atoms with Gasteiger partial charge in [-0.3, -0.25) is 9.67 Å². The van der Waals surface area contributed by atoms with Crippen molar-refractivity contribution in [2.45, 2.75) is 18.7 Å². The van der Waals surface area contributed by atoms with Crippen molar-refractivity contribution in [3.63, 3.8) is 0 Å². The van der Waals surface area contributed by atoms with Gasteiger partial charge in [-0.25, -0.2) is 8.42 Å². The summed E-state index contributed by atoms with van der Waals surface area (Å²) in [5.74, 6) is 0.567. The maximum atomic E-state index is 12.8. The molecule has 0 atom stereocenters. The van der Waals surface area contributed by atoms with Gasteiger partial charge < -0.3 is 0 Å². The Morgan fingerprint density at radius 3 is 2.42 bits per heavy atom. The molecule has 1 aromatic heterocycles. The van der Waals surface area contributed by atoms with Gasteiger partial charge in [-0.1, -0.05) is 44.2 Å². The van der Waals surface area contributed by atoms with Gasteiger partial charge in [0.25, 0.3) is 0 Å². The molecule has 0 saturated carbocycles. The Labute approximate surface area is 158 Å². The summed E-state index contributed by atoms with van der Waals surface area (Å²) < 4.78 is 29.3. The van der Waals surface area contributed by atoms with Crippen LogP contribution in [-0.2, 0) is 10.0 Å². The van der Waals surface area contributed by atoms with E-state index in [2.05, 4.69) is 10.2 Å². The maximum Gasteiger partial charge on any atom is 0.243 e. The molecule has 2 aromatic carbocycles. The molecule has 0 aliphatic rings. The largest absolute Gasteiger partial charge is 0.268 e. The van der Waals surface area contributed by atoms with E-state index < -0.39 is 10.0 Å². The Kier molecular flexibility index (Phi) is 5.36. The minimum Gasteiger partial charge on any atom is -0.268 e. The van der Waals surface area contributed by atoms with Crippen LogP contribution in [0.2, 0.25) is 0 Å². The first-order valence-corrected chi connectivity index (χ1v) is 10.2. The second-order valence-corrected chi connectivity index (χ2v) is 7.97. The van der Waals surface area contributed by atoms with Crippen molar-refractivity contribution < 1.29 is 8.42 Å². The van der Waals surface area contributed by atoms with Gasteiger partial charge in [0.1, 0.15) is 0 Å². The van der Waals surface area contributed by atoms with Crippen LogP contribution in [0.25, 0.3) is 17.1 Å². The normalized spacial score (nSPS) is 11.8. The lowest BCUT2D eigenvalue weighted by atomic mass is 10.2. The first kappa shape index (κ1) is 18.5. The van der Waals surface area contributed by atoms with E-state index in [9.17, 15) is 8.42 Å². The number of nitrogens with one attached hydrogen (secondary N) is 1. The molecular formula is C18H20N4O2S2. The SMILES string of the molecule is CCN(CC)S(=O)(=O)c1cccc(-c2n[nH]c(=S)n2-c2ccccc2)c1. The van der Waals surface area contributed by atoms with Crippen molar-refractivity contribution in [1.82, 2.24) is 19.1 Å². The number of aromatic amines is 1. The van der Waals surface area contributed by atoms with E-state index in [1.807, 2.05) is 50.2 Å². The van der Waals surface area contributed by atoms with E-state index in [0.717, 1.165) is 5.69 Å². The van der Waals surface area contributed by atoms with Crippen LogP contribution < -0.4 is 0 Å². The number of H-pyrrole nitrogens is 1. The van der Waals surface area contributed by atoms with Crippen molar-refractivity contribution >= 4 is 22.2 Å². The highest BCUT2D eigenvalue weighted by molar-refractivity contribution is 7.89. The Morgan fingerprint density at radius 1 is 1.08 bits per heavy atom. The molecular weight excluding hydrogens is 368 g/mol. The van der Waals surface area contributed by atoms with Crippen molar-refractivity contribution in [2.75, 3.05) is 13.1 Å². The number of nitrogens with zero attached hydrogens (tertiary/aromatic N) is 3. The number of benzene rings is 2. The number of hydrogen-bond acceptors (Lipinski definition) is 4. The maximum absolute atomic E-state index is 12.8. The minimum atomic E-state index is -3.54. The van der Waals surface area contributed by atoms with Gasteiger partial charge in [0, 0.05) is 24.3 Å². The van der Waals surface area contributed by atoms with E-state index in [4.69, 9.17) is 12.2 Å². The summed E-state index contributed by atoms with van der Waals surface area (Å²) in [5, 5.41) is 7.10. The van der Waals surface area contributed by atoms with Gasteiger partial charge in [-0.05, 0) is 36.5 Å². The number of rotatable bonds is 6. The number of sulfonamides is 1. The standard InChI is InChI=1S/C18H20N4O2S2/c1-3-21(4-2)26(23,24)16-12-8-9-14(13-16)17-19-20-18(25)22(17)15-10-6-5-7-11-15/h5-13H,3-4H2,1-2H3,(H,20,25). The third kappa shape index (κ3) is 3.35. The van der Waals surface area contributed by atoms with Gasteiger partial charge in [0.15, 0.2) is 10.6 Å². The highest BCUT2D eigenvalue weighted by atomic mass is 32.2. The fraction of sp³-hybridized carbons (Fsp3) is 0.222. The van der Waals surface area contributed by atoms with Crippen LogP contribution >= 0.6 is 12.2 Å². The first-order valence-electron chi connectivity index (χ1n) is 8.32. The molecule has 0 amide bonds. The molecule has 0 fully saturated rings. The van der Waals surface area contributed by atoms with Gasteiger partial charge >= 0.3 is 0 Å². The summed E-state index contributed by atoms with van der Waals surface area (Å²) in [7, 11) is -3.54. The van der Waals surface area contributed by atoms with Crippen LogP contribution in [0.5, 0.6) is 0 Å². The quantitative estimate of drug-likeness (QED) is 0.655. The third-order valence-corrected chi connectivity index (χ3v) is 6.44. The van der Waals surface area contributed by atoms with Gasteiger partial charge in [0.05, 0.1) is 4.90 Å². The molecule has 26 heavy (non-hydrogen) atoms. The third-order valence-electron chi connectivity index (χ3n) is 4.12. The van der Waals surface area contributed by atoms with E-state index in [1.165, 1.54) is 4.31 Å². The lowest BCUT2D eigenvalue weighted by Gasteiger charge is -2.18. The second kappa shape index (κ2) is 7.53. The molecule has 0 unspecified atom stereocenters. The zero-order valence-electron chi connectivity index (χ0n) is 14.6. The molecule has 0 spiro atoms. The van der Waals surface area contributed by atoms with Crippen LogP contribution in [0.3, 0.4) is 0 Å². The van der Waals surface area contributed by atoms with Crippen LogP contribution in [0.1, 0.15) is 13.8 Å². The predicted molar refractivity (Wildman–Crippen MR) is 104 cm³/mol. The average Bonchev–Trinajstić information content (AvgIpc) is 3.05. The zero-order valence-corrected chi connectivity index (χ0v) is 16.2. The molecule has 0 aliphatic heterocycles.